The van der Waals surface area contributed by atoms with E-state index in [0.29, 0.717) is 0 Å². The lowest BCUT2D eigenvalue weighted by Crippen LogP contribution is -2.27. The molecule has 0 fully saturated rings. The van der Waals surface area contributed by atoms with Gasteiger partial charge in [0.2, 0.25) is 10.0 Å². The first-order valence-corrected chi connectivity index (χ1v) is 8.92. The van der Waals surface area contributed by atoms with E-state index in [1.54, 1.807) is 0 Å². The molecule has 1 aliphatic carbocycles. The van der Waals surface area contributed by atoms with Crippen molar-refractivity contribution >= 4 is 15.9 Å². The number of aryl methyl sites for hydroxylation is 1. The number of rotatable bonds is 4. The van der Waals surface area contributed by atoms with Crippen molar-refractivity contribution in [3.8, 4) is 0 Å². The van der Waals surface area contributed by atoms with Crippen LogP contribution < -0.4 is 10.0 Å². The van der Waals surface area contributed by atoms with E-state index in [1.165, 1.54) is 30.4 Å². The Balaban J connectivity index is 1.78. The van der Waals surface area contributed by atoms with Gasteiger partial charge in [-0.3, -0.25) is 4.79 Å². The van der Waals surface area contributed by atoms with Gasteiger partial charge < -0.3 is 10.3 Å². The Morgan fingerprint density at radius 2 is 2.13 bits per heavy atom. The number of benzene rings is 1. The van der Waals surface area contributed by atoms with Crippen LogP contribution in [0.4, 0.5) is 0 Å². The second kappa shape index (κ2) is 5.82. The molecule has 23 heavy (non-hydrogen) atoms. The predicted molar refractivity (Wildman–Crippen MR) is 86.7 cm³/mol. The molecule has 1 unspecified atom stereocenters. The monoisotopic (exact) mass is 333 g/mol. The second-order valence-corrected chi connectivity index (χ2v) is 7.55. The highest BCUT2D eigenvalue weighted by atomic mass is 32.2. The molecule has 1 aliphatic rings. The fourth-order valence-corrected chi connectivity index (χ4v) is 3.72. The molecule has 2 aromatic rings. The van der Waals surface area contributed by atoms with Crippen LogP contribution >= 0.6 is 0 Å². The third-order valence-corrected chi connectivity index (χ3v) is 5.68. The summed E-state index contributed by atoms with van der Waals surface area (Å²) in [4.78, 5) is 15.1. The number of hydrogen-bond donors (Lipinski definition) is 3. The van der Waals surface area contributed by atoms with Crippen LogP contribution in [0.5, 0.6) is 0 Å². The lowest BCUT2D eigenvalue weighted by molar-refractivity contribution is 0.0932. The van der Waals surface area contributed by atoms with Gasteiger partial charge in [-0.25, -0.2) is 13.1 Å². The third-order valence-electron chi connectivity index (χ3n) is 4.29. The number of H-pyrrole nitrogens is 1. The van der Waals surface area contributed by atoms with E-state index in [-0.39, 0.29) is 22.5 Å². The molecular formula is C16H19N3O3S. The van der Waals surface area contributed by atoms with Gasteiger partial charge in [0.25, 0.3) is 5.91 Å². The Kier molecular flexibility index (Phi) is 3.99. The highest BCUT2D eigenvalue weighted by molar-refractivity contribution is 7.89. The fourth-order valence-electron chi connectivity index (χ4n) is 3.00. The van der Waals surface area contributed by atoms with Crippen molar-refractivity contribution in [2.75, 3.05) is 7.05 Å². The SMILES string of the molecule is CNS(=O)(=O)c1c[nH]c(C(=O)NC2CCc3c(C)cccc32)c1. The van der Waals surface area contributed by atoms with Crippen molar-refractivity contribution in [1.82, 2.24) is 15.0 Å². The Morgan fingerprint density at radius 1 is 1.35 bits per heavy atom. The average molecular weight is 333 g/mol. The number of carbonyl (C=O) groups excluding carboxylic acids is 1. The second-order valence-electron chi connectivity index (χ2n) is 5.66. The molecule has 6 nitrogen and oxygen atoms in total. The number of amides is 1. The summed E-state index contributed by atoms with van der Waals surface area (Å²) in [6.07, 6.45) is 3.11. The van der Waals surface area contributed by atoms with E-state index in [9.17, 15) is 13.2 Å². The van der Waals surface area contributed by atoms with Gasteiger partial charge in [-0.15, -0.1) is 0 Å². The van der Waals surface area contributed by atoms with Gasteiger partial charge in [0.1, 0.15) is 10.6 Å². The third kappa shape index (κ3) is 2.89. The highest BCUT2D eigenvalue weighted by Crippen LogP contribution is 2.33. The van der Waals surface area contributed by atoms with E-state index in [1.807, 2.05) is 12.1 Å². The highest BCUT2D eigenvalue weighted by Gasteiger charge is 2.26. The number of aromatic nitrogens is 1. The molecule has 0 radical (unpaired) electrons. The van der Waals surface area contributed by atoms with Crippen molar-refractivity contribution in [3.63, 3.8) is 0 Å². The fraction of sp³-hybridized carbons (Fsp3) is 0.312. The Bertz CT molecular complexity index is 855. The molecule has 1 atom stereocenters. The van der Waals surface area contributed by atoms with Crippen LogP contribution in [-0.4, -0.2) is 26.4 Å². The molecule has 7 heteroatoms. The topological polar surface area (TPSA) is 91.1 Å². The van der Waals surface area contributed by atoms with Crippen LogP contribution in [-0.2, 0) is 16.4 Å². The van der Waals surface area contributed by atoms with Gasteiger partial charge >= 0.3 is 0 Å². The number of fused-ring (bicyclic) bond motifs is 1. The van der Waals surface area contributed by atoms with Crippen LogP contribution in [0, 0.1) is 6.92 Å². The van der Waals surface area contributed by atoms with E-state index >= 15 is 0 Å². The van der Waals surface area contributed by atoms with Crippen LogP contribution in [0.2, 0.25) is 0 Å². The standard InChI is InChI=1S/C16H19N3O3S/c1-10-4-3-5-13-12(10)6-7-14(13)19-16(20)15-8-11(9-18-15)23(21,22)17-2/h3-5,8-9,14,17-18H,6-7H2,1-2H3,(H,19,20). The molecule has 0 saturated heterocycles. The molecule has 0 spiro atoms. The van der Waals surface area contributed by atoms with Crippen molar-refractivity contribution in [3.05, 3.63) is 52.8 Å². The molecule has 1 heterocycles. The summed E-state index contributed by atoms with van der Waals surface area (Å²) < 4.78 is 25.7. The van der Waals surface area contributed by atoms with Crippen LogP contribution in [0.1, 0.15) is 39.6 Å². The minimum Gasteiger partial charge on any atom is -0.356 e. The van der Waals surface area contributed by atoms with E-state index in [2.05, 4.69) is 28.0 Å². The molecule has 0 bridgehead atoms. The van der Waals surface area contributed by atoms with Crippen molar-refractivity contribution in [2.24, 2.45) is 0 Å². The van der Waals surface area contributed by atoms with Crippen molar-refractivity contribution in [2.45, 2.75) is 30.7 Å². The van der Waals surface area contributed by atoms with E-state index in [4.69, 9.17) is 0 Å². The molecule has 1 amide bonds. The predicted octanol–water partition coefficient (Wildman–Crippen LogP) is 1.65. The number of carbonyl (C=O) groups is 1. The molecule has 122 valence electrons. The molecule has 3 N–H and O–H groups in total. The summed E-state index contributed by atoms with van der Waals surface area (Å²) in [7, 11) is -2.22. The van der Waals surface area contributed by atoms with Crippen LogP contribution in [0.15, 0.2) is 35.4 Å². The largest absolute Gasteiger partial charge is 0.356 e. The first kappa shape index (κ1) is 15.8. The maximum absolute atomic E-state index is 12.4. The summed E-state index contributed by atoms with van der Waals surface area (Å²) in [5, 5.41) is 2.98. The minimum absolute atomic E-state index is 0.0370. The lowest BCUT2D eigenvalue weighted by Gasteiger charge is -2.14. The molecular weight excluding hydrogens is 314 g/mol. The maximum Gasteiger partial charge on any atom is 0.268 e. The first-order chi connectivity index (χ1) is 10.9. The molecule has 3 rings (SSSR count). The van der Waals surface area contributed by atoms with E-state index in [0.717, 1.165) is 18.4 Å². The van der Waals surface area contributed by atoms with Gasteiger partial charge in [0.05, 0.1) is 6.04 Å². The summed E-state index contributed by atoms with van der Waals surface area (Å²) in [6, 6.07) is 7.40. The summed E-state index contributed by atoms with van der Waals surface area (Å²) >= 11 is 0. The minimum atomic E-state index is -3.55. The lowest BCUT2D eigenvalue weighted by atomic mass is 10.0. The number of sulfonamides is 1. The smallest absolute Gasteiger partial charge is 0.268 e. The van der Waals surface area contributed by atoms with Crippen molar-refractivity contribution < 1.29 is 13.2 Å². The van der Waals surface area contributed by atoms with Gasteiger partial charge in [-0.05, 0) is 49.6 Å². The molecule has 1 aromatic heterocycles. The molecule has 0 aliphatic heterocycles. The van der Waals surface area contributed by atoms with Crippen LogP contribution in [0.3, 0.4) is 0 Å². The molecule has 0 saturated carbocycles. The zero-order valence-corrected chi connectivity index (χ0v) is 13.8. The Hall–Kier alpha value is -2.12. The van der Waals surface area contributed by atoms with Gasteiger partial charge in [0, 0.05) is 6.20 Å². The molecule has 1 aromatic carbocycles. The number of nitrogens with one attached hydrogen (secondary N) is 3. The van der Waals surface area contributed by atoms with Crippen molar-refractivity contribution in [1.29, 1.82) is 0 Å². The first-order valence-electron chi connectivity index (χ1n) is 7.43. The average Bonchev–Trinajstić information content (AvgIpc) is 3.16. The zero-order valence-electron chi connectivity index (χ0n) is 13.0. The van der Waals surface area contributed by atoms with Gasteiger partial charge in [-0.2, -0.15) is 0 Å². The summed E-state index contributed by atoms with van der Waals surface area (Å²) in [5.41, 5.74) is 3.91. The Labute approximate surface area is 135 Å². The normalized spacial score (nSPS) is 17.0. The summed E-state index contributed by atoms with van der Waals surface area (Å²) in [5.74, 6) is -0.304. The Morgan fingerprint density at radius 3 is 2.87 bits per heavy atom. The van der Waals surface area contributed by atoms with Gasteiger partial charge in [-0.1, -0.05) is 18.2 Å². The summed E-state index contributed by atoms with van der Waals surface area (Å²) in [6.45, 7) is 2.07. The van der Waals surface area contributed by atoms with E-state index < -0.39 is 10.0 Å². The van der Waals surface area contributed by atoms with Crippen LogP contribution in [0.25, 0.3) is 0 Å². The number of aromatic amines is 1. The quantitative estimate of drug-likeness (QED) is 0.794. The maximum atomic E-state index is 12.4. The van der Waals surface area contributed by atoms with Gasteiger partial charge in [0.15, 0.2) is 0 Å². The zero-order chi connectivity index (χ0) is 16.6. The number of hydrogen-bond acceptors (Lipinski definition) is 3.